The summed E-state index contributed by atoms with van der Waals surface area (Å²) in [5, 5.41) is 8.19. The highest BCUT2D eigenvalue weighted by atomic mass is 15.1. The molecule has 0 aliphatic carbocycles. The van der Waals surface area contributed by atoms with E-state index >= 15 is 0 Å². The zero-order valence-corrected chi connectivity index (χ0v) is 10.7. The summed E-state index contributed by atoms with van der Waals surface area (Å²) >= 11 is 0. The Balaban J connectivity index is 1.91. The molecule has 2 heteroatoms. The van der Waals surface area contributed by atoms with Crippen molar-refractivity contribution in [3.05, 3.63) is 78.5 Å². The van der Waals surface area contributed by atoms with Crippen molar-refractivity contribution in [2.24, 2.45) is 0 Å². The van der Waals surface area contributed by atoms with Gasteiger partial charge in [-0.25, -0.2) is 0 Å². The van der Waals surface area contributed by atoms with Gasteiger partial charge in [-0.1, -0.05) is 42.5 Å². The number of H-pyrrole nitrogens is 1. The molecule has 0 saturated carbocycles. The van der Waals surface area contributed by atoms with E-state index in [2.05, 4.69) is 59.2 Å². The van der Waals surface area contributed by atoms with Gasteiger partial charge in [0.2, 0.25) is 0 Å². The molecule has 1 aromatic heterocycles. The first-order valence-electron chi connectivity index (χ1n) is 6.46. The van der Waals surface area contributed by atoms with Crippen molar-refractivity contribution in [3.8, 4) is 0 Å². The number of aromatic nitrogens is 2. The fourth-order valence-corrected chi connectivity index (χ4v) is 2.40. The standard InChI is InChI=1S/C17H16N2/c1-2-14(10-13-6-4-3-5-7-13)15-8-9-17-16(11-15)12-18-19-17/h2-9,11-12,14H,1,10H2,(H,18,19). The largest absolute Gasteiger partial charge is 0.278 e. The molecule has 3 aromatic rings. The number of allylic oxidation sites excluding steroid dienone is 1. The molecule has 0 saturated heterocycles. The maximum Gasteiger partial charge on any atom is 0.0650 e. The minimum absolute atomic E-state index is 0.335. The Hall–Kier alpha value is -2.35. The Morgan fingerprint density at radius 1 is 1.16 bits per heavy atom. The van der Waals surface area contributed by atoms with Crippen LogP contribution in [-0.4, -0.2) is 10.2 Å². The van der Waals surface area contributed by atoms with Crippen LogP contribution in [0.4, 0.5) is 0 Å². The predicted molar refractivity (Wildman–Crippen MR) is 79.2 cm³/mol. The van der Waals surface area contributed by atoms with Crippen LogP contribution in [0.25, 0.3) is 10.9 Å². The second kappa shape index (κ2) is 5.11. The summed E-state index contributed by atoms with van der Waals surface area (Å²) < 4.78 is 0. The van der Waals surface area contributed by atoms with Gasteiger partial charge in [-0.15, -0.1) is 6.58 Å². The lowest BCUT2D eigenvalue weighted by Gasteiger charge is -2.13. The molecular formula is C17H16N2. The van der Waals surface area contributed by atoms with Gasteiger partial charge in [0.1, 0.15) is 0 Å². The van der Waals surface area contributed by atoms with Gasteiger partial charge in [0, 0.05) is 11.3 Å². The number of rotatable bonds is 4. The quantitative estimate of drug-likeness (QED) is 0.692. The van der Waals surface area contributed by atoms with Crippen LogP contribution in [0.1, 0.15) is 17.0 Å². The molecule has 0 fully saturated rings. The minimum atomic E-state index is 0.335. The first-order chi connectivity index (χ1) is 9.36. The Labute approximate surface area is 112 Å². The van der Waals surface area contributed by atoms with Crippen LogP contribution in [-0.2, 0) is 6.42 Å². The predicted octanol–water partition coefficient (Wildman–Crippen LogP) is 4.08. The van der Waals surface area contributed by atoms with Crippen molar-refractivity contribution in [2.45, 2.75) is 12.3 Å². The monoisotopic (exact) mass is 248 g/mol. The van der Waals surface area contributed by atoms with Gasteiger partial charge in [0.05, 0.1) is 11.7 Å². The van der Waals surface area contributed by atoms with E-state index in [9.17, 15) is 0 Å². The van der Waals surface area contributed by atoms with Crippen molar-refractivity contribution in [2.75, 3.05) is 0 Å². The lowest BCUT2D eigenvalue weighted by atomic mass is 9.91. The summed E-state index contributed by atoms with van der Waals surface area (Å²) in [6.07, 6.45) is 4.86. The van der Waals surface area contributed by atoms with E-state index in [0.717, 1.165) is 17.3 Å². The molecule has 19 heavy (non-hydrogen) atoms. The first kappa shape index (κ1) is 11.7. The summed E-state index contributed by atoms with van der Waals surface area (Å²) in [6, 6.07) is 16.9. The van der Waals surface area contributed by atoms with Gasteiger partial charge >= 0.3 is 0 Å². The molecule has 0 aliphatic heterocycles. The smallest absolute Gasteiger partial charge is 0.0650 e. The molecule has 1 unspecified atom stereocenters. The lowest BCUT2D eigenvalue weighted by Crippen LogP contribution is -1.99. The van der Waals surface area contributed by atoms with Crippen molar-refractivity contribution in [1.82, 2.24) is 10.2 Å². The van der Waals surface area contributed by atoms with Crippen LogP contribution >= 0.6 is 0 Å². The van der Waals surface area contributed by atoms with Gasteiger partial charge in [-0.3, -0.25) is 5.10 Å². The first-order valence-corrected chi connectivity index (χ1v) is 6.46. The van der Waals surface area contributed by atoms with E-state index < -0.39 is 0 Å². The normalized spacial score (nSPS) is 12.4. The third-order valence-corrected chi connectivity index (χ3v) is 3.48. The number of hydrogen-bond donors (Lipinski definition) is 1. The maximum atomic E-state index is 4.06. The van der Waals surface area contributed by atoms with Gasteiger partial charge in [0.15, 0.2) is 0 Å². The Morgan fingerprint density at radius 3 is 2.79 bits per heavy atom. The molecule has 2 nitrogen and oxygen atoms in total. The van der Waals surface area contributed by atoms with E-state index in [1.807, 2.05) is 18.3 Å². The Kier molecular flexibility index (Phi) is 3.15. The fourth-order valence-electron chi connectivity index (χ4n) is 2.40. The lowest BCUT2D eigenvalue weighted by molar-refractivity contribution is 0.839. The van der Waals surface area contributed by atoms with Crippen LogP contribution in [0.5, 0.6) is 0 Å². The molecular weight excluding hydrogens is 232 g/mol. The highest BCUT2D eigenvalue weighted by molar-refractivity contribution is 5.78. The zero-order chi connectivity index (χ0) is 13.1. The van der Waals surface area contributed by atoms with E-state index in [1.165, 1.54) is 11.1 Å². The van der Waals surface area contributed by atoms with Gasteiger partial charge in [-0.05, 0) is 29.7 Å². The molecule has 94 valence electrons. The van der Waals surface area contributed by atoms with Gasteiger partial charge < -0.3 is 0 Å². The Morgan fingerprint density at radius 2 is 2.00 bits per heavy atom. The maximum absolute atomic E-state index is 4.06. The SMILES string of the molecule is C=CC(Cc1ccccc1)c1ccc2[nH]ncc2c1. The fraction of sp³-hybridized carbons (Fsp3) is 0.118. The van der Waals surface area contributed by atoms with E-state index in [0.29, 0.717) is 5.92 Å². The second-order valence-corrected chi connectivity index (χ2v) is 4.75. The van der Waals surface area contributed by atoms with Gasteiger partial charge in [-0.2, -0.15) is 5.10 Å². The molecule has 1 heterocycles. The summed E-state index contributed by atoms with van der Waals surface area (Å²) in [5.74, 6) is 0.335. The average Bonchev–Trinajstić information content (AvgIpc) is 2.93. The second-order valence-electron chi connectivity index (χ2n) is 4.75. The summed E-state index contributed by atoms with van der Waals surface area (Å²) in [5.41, 5.74) is 3.69. The van der Waals surface area contributed by atoms with Crippen molar-refractivity contribution in [3.63, 3.8) is 0 Å². The molecule has 3 rings (SSSR count). The number of benzene rings is 2. The van der Waals surface area contributed by atoms with Gasteiger partial charge in [0.25, 0.3) is 0 Å². The van der Waals surface area contributed by atoms with Crippen LogP contribution in [0.15, 0.2) is 67.4 Å². The third-order valence-electron chi connectivity index (χ3n) is 3.48. The molecule has 1 N–H and O–H groups in total. The van der Waals surface area contributed by atoms with Crippen molar-refractivity contribution < 1.29 is 0 Å². The van der Waals surface area contributed by atoms with Crippen LogP contribution in [0.3, 0.4) is 0 Å². The molecule has 0 spiro atoms. The highest BCUT2D eigenvalue weighted by Gasteiger charge is 2.09. The van der Waals surface area contributed by atoms with Crippen molar-refractivity contribution >= 4 is 10.9 Å². The summed E-state index contributed by atoms with van der Waals surface area (Å²) in [6.45, 7) is 3.98. The summed E-state index contributed by atoms with van der Waals surface area (Å²) in [7, 11) is 0. The number of nitrogens with zero attached hydrogens (tertiary/aromatic N) is 1. The number of nitrogens with one attached hydrogen (secondary N) is 1. The highest BCUT2D eigenvalue weighted by Crippen LogP contribution is 2.24. The minimum Gasteiger partial charge on any atom is -0.278 e. The van der Waals surface area contributed by atoms with E-state index in [1.54, 1.807) is 0 Å². The zero-order valence-electron chi connectivity index (χ0n) is 10.7. The molecule has 2 aromatic carbocycles. The topological polar surface area (TPSA) is 28.7 Å². The molecule has 0 amide bonds. The van der Waals surface area contributed by atoms with Crippen molar-refractivity contribution in [1.29, 1.82) is 0 Å². The number of aromatic amines is 1. The molecule has 1 atom stereocenters. The van der Waals surface area contributed by atoms with Crippen LogP contribution in [0.2, 0.25) is 0 Å². The molecule has 0 aliphatic rings. The number of hydrogen-bond acceptors (Lipinski definition) is 1. The van der Waals surface area contributed by atoms with E-state index in [-0.39, 0.29) is 0 Å². The third kappa shape index (κ3) is 2.43. The molecule has 0 bridgehead atoms. The summed E-state index contributed by atoms with van der Waals surface area (Å²) in [4.78, 5) is 0. The average molecular weight is 248 g/mol. The van der Waals surface area contributed by atoms with E-state index in [4.69, 9.17) is 0 Å². The Bertz CT molecular complexity index is 683. The number of fused-ring (bicyclic) bond motifs is 1. The van der Waals surface area contributed by atoms with Crippen LogP contribution in [0, 0.1) is 0 Å². The van der Waals surface area contributed by atoms with Crippen LogP contribution < -0.4 is 0 Å². The molecule has 0 radical (unpaired) electrons.